The summed E-state index contributed by atoms with van der Waals surface area (Å²) >= 11 is 1.22. The van der Waals surface area contributed by atoms with Gasteiger partial charge in [-0.15, -0.1) is 11.3 Å². The third kappa shape index (κ3) is 3.81. The molecule has 22 heavy (non-hydrogen) atoms. The van der Waals surface area contributed by atoms with Crippen LogP contribution in [-0.2, 0) is 14.8 Å². The lowest BCUT2D eigenvalue weighted by Gasteiger charge is -2.22. The van der Waals surface area contributed by atoms with E-state index in [-0.39, 0.29) is 38.0 Å². The molecule has 1 aliphatic rings. The van der Waals surface area contributed by atoms with E-state index in [0.29, 0.717) is 4.88 Å². The fraction of sp³-hybridized carbons (Fsp3) is 0.583. The molecule has 1 N–H and O–H groups in total. The number of nitrogens with one attached hydrogen (secondary N) is 1. The largest absolute Gasteiger partial charge is 0.359 e. The van der Waals surface area contributed by atoms with E-state index in [1.165, 1.54) is 33.8 Å². The lowest BCUT2D eigenvalue weighted by molar-refractivity contribution is -0.124. The van der Waals surface area contributed by atoms with Crippen molar-refractivity contribution >= 4 is 33.2 Å². The molecular formula is C12H18N4O4S2. The first-order chi connectivity index (χ1) is 10.3. The van der Waals surface area contributed by atoms with Crippen LogP contribution in [0.5, 0.6) is 0 Å². The van der Waals surface area contributed by atoms with Crippen LogP contribution in [0.25, 0.3) is 0 Å². The van der Waals surface area contributed by atoms with Gasteiger partial charge in [0.1, 0.15) is 4.88 Å². The number of amides is 2. The average molecular weight is 346 g/mol. The minimum Gasteiger partial charge on any atom is -0.359 e. The molecular weight excluding hydrogens is 328 g/mol. The van der Waals surface area contributed by atoms with E-state index < -0.39 is 15.9 Å². The Balaban J connectivity index is 2.23. The van der Waals surface area contributed by atoms with E-state index in [0.717, 1.165) is 6.26 Å². The highest BCUT2D eigenvalue weighted by molar-refractivity contribution is 7.88. The van der Waals surface area contributed by atoms with Crippen molar-refractivity contribution in [2.24, 2.45) is 5.92 Å². The third-order valence-corrected chi connectivity index (χ3v) is 5.53. The molecule has 1 aliphatic heterocycles. The fourth-order valence-corrected chi connectivity index (χ4v) is 3.77. The van der Waals surface area contributed by atoms with Crippen molar-refractivity contribution in [2.45, 2.75) is 0 Å². The minimum absolute atomic E-state index is 0.0744. The van der Waals surface area contributed by atoms with Gasteiger partial charge in [0.05, 0.1) is 23.9 Å². The Labute approximate surface area is 133 Å². The lowest BCUT2D eigenvalue weighted by Crippen LogP contribution is -2.42. The molecule has 0 bridgehead atoms. The van der Waals surface area contributed by atoms with Crippen LogP contribution >= 0.6 is 11.3 Å². The van der Waals surface area contributed by atoms with Crippen molar-refractivity contribution in [3.8, 4) is 0 Å². The highest BCUT2D eigenvalue weighted by atomic mass is 32.2. The number of hydrogen-bond donors (Lipinski definition) is 1. The molecule has 10 heteroatoms. The molecule has 0 radical (unpaired) electrons. The second-order valence-electron chi connectivity index (χ2n) is 5.05. The zero-order valence-electron chi connectivity index (χ0n) is 12.4. The minimum atomic E-state index is -3.42. The van der Waals surface area contributed by atoms with Gasteiger partial charge in [-0.25, -0.2) is 8.42 Å². The van der Waals surface area contributed by atoms with Crippen LogP contribution in [0.15, 0.2) is 11.7 Å². The molecule has 2 rings (SSSR count). The quantitative estimate of drug-likeness (QED) is 0.774. The monoisotopic (exact) mass is 346 g/mol. The van der Waals surface area contributed by atoms with Gasteiger partial charge >= 0.3 is 0 Å². The summed E-state index contributed by atoms with van der Waals surface area (Å²) in [6.07, 6.45) is 2.58. The summed E-state index contributed by atoms with van der Waals surface area (Å²) in [6, 6.07) is 0. The molecule has 1 atom stereocenters. The molecule has 0 aromatic carbocycles. The summed E-state index contributed by atoms with van der Waals surface area (Å²) in [5.41, 5.74) is 1.56. The van der Waals surface area contributed by atoms with Crippen LogP contribution in [0.2, 0.25) is 0 Å². The van der Waals surface area contributed by atoms with Crippen molar-refractivity contribution in [1.82, 2.24) is 19.5 Å². The van der Waals surface area contributed by atoms with Crippen LogP contribution in [0.1, 0.15) is 9.67 Å². The van der Waals surface area contributed by atoms with Gasteiger partial charge in [0, 0.05) is 33.2 Å². The highest BCUT2D eigenvalue weighted by Crippen LogP contribution is 2.17. The summed E-state index contributed by atoms with van der Waals surface area (Å²) in [6.45, 7) is 0.682. The smallest absolute Gasteiger partial charge is 0.265 e. The van der Waals surface area contributed by atoms with Crippen molar-refractivity contribution < 1.29 is 18.0 Å². The Morgan fingerprint density at radius 3 is 2.64 bits per heavy atom. The first-order valence-electron chi connectivity index (χ1n) is 6.67. The predicted octanol–water partition coefficient (Wildman–Crippen LogP) is -0.777. The van der Waals surface area contributed by atoms with Crippen molar-refractivity contribution in [2.75, 3.05) is 39.5 Å². The second-order valence-corrected chi connectivity index (χ2v) is 7.92. The number of aromatic nitrogens is 1. The van der Waals surface area contributed by atoms with E-state index in [9.17, 15) is 18.0 Å². The third-order valence-electron chi connectivity index (χ3n) is 3.50. The summed E-state index contributed by atoms with van der Waals surface area (Å²) < 4.78 is 24.8. The molecule has 2 amide bonds. The standard InChI is InChI=1S/C12H18N4O4S2/c1-13-11(17)9-6-15(12(18)10-5-14-8-21-10)3-4-16(7-9)22(2,19)20/h5,8-9H,3-4,6-7H2,1-2H3,(H,13,17)/t9-/m0/s1. The summed E-state index contributed by atoms with van der Waals surface area (Å²) in [5, 5.41) is 2.52. The van der Waals surface area contributed by atoms with Gasteiger partial charge in [0.2, 0.25) is 15.9 Å². The van der Waals surface area contributed by atoms with Gasteiger partial charge in [-0.2, -0.15) is 4.31 Å². The van der Waals surface area contributed by atoms with E-state index in [1.807, 2.05) is 0 Å². The van der Waals surface area contributed by atoms with Gasteiger partial charge in [-0.3, -0.25) is 14.6 Å². The number of carbonyl (C=O) groups excluding carboxylic acids is 2. The fourth-order valence-electron chi connectivity index (χ4n) is 2.32. The zero-order chi connectivity index (χ0) is 16.3. The molecule has 1 fully saturated rings. The number of rotatable bonds is 3. The maximum absolute atomic E-state index is 12.4. The van der Waals surface area contributed by atoms with E-state index >= 15 is 0 Å². The Bertz CT molecular complexity index is 644. The first kappa shape index (κ1) is 16.8. The van der Waals surface area contributed by atoms with E-state index in [2.05, 4.69) is 10.3 Å². The molecule has 1 aromatic heterocycles. The number of carbonyl (C=O) groups is 2. The van der Waals surface area contributed by atoms with Crippen LogP contribution in [0.3, 0.4) is 0 Å². The molecule has 1 aromatic rings. The number of sulfonamides is 1. The number of thiazole rings is 1. The van der Waals surface area contributed by atoms with Gasteiger partial charge in [0.15, 0.2) is 0 Å². The summed E-state index contributed by atoms with van der Waals surface area (Å²) in [4.78, 5) is 30.2. The van der Waals surface area contributed by atoms with Crippen LogP contribution in [0, 0.1) is 5.92 Å². The lowest BCUT2D eigenvalue weighted by atomic mass is 10.1. The molecule has 0 saturated carbocycles. The normalized spacial score (nSPS) is 20.5. The Morgan fingerprint density at radius 1 is 1.36 bits per heavy atom. The molecule has 122 valence electrons. The zero-order valence-corrected chi connectivity index (χ0v) is 14.0. The Kier molecular flexibility index (Phi) is 5.14. The topological polar surface area (TPSA) is 99.7 Å². The van der Waals surface area contributed by atoms with E-state index in [4.69, 9.17) is 0 Å². The van der Waals surface area contributed by atoms with Gasteiger partial charge in [-0.05, 0) is 0 Å². The average Bonchev–Trinajstić information content (AvgIpc) is 2.89. The second kappa shape index (κ2) is 6.71. The highest BCUT2D eigenvalue weighted by Gasteiger charge is 2.33. The predicted molar refractivity (Wildman–Crippen MR) is 82.0 cm³/mol. The molecule has 0 spiro atoms. The molecule has 8 nitrogen and oxygen atoms in total. The van der Waals surface area contributed by atoms with Crippen LogP contribution in [0.4, 0.5) is 0 Å². The van der Waals surface area contributed by atoms with Crippen molar-refractivity contribution in [3.63, 3.8) is 0 Å². The van der Waals surface area contributed by atoms with Gasteiger partial charge in [0.25, 0.3) is 5.91 Å². The van der Waals surface area contributed by atoms with Gasteiger partial charge < -0.3 is 10.2 Å². The van der Waals surface area contributed by atoms with Crippen LogP contribution < -0.4 is 5.32 Å². The Hall–Kier alpha value is -1.52. The first-order valence-corrected chi connectivity index (χ1v) is 9.40. The molecule has 0 unspecified atom stereocenters. The number of nitrogens with zero attached hydrogens (tertiary/aromatic N) is 3. The maximum atomic E-state index is 12.4. The SMILES string of the molecule is CNC(=O)[C@H]1CN(C(=O)c2cncs2)CCN(S(C)(=O)=O)C1. The van der Waals surface area contributed by atoms with Crippen LogP contribution in [-0.4, -0.2) is 73.9 Å². The molecule has 2 heterocycles. The maximum Gasteiger partial charge on any atom is 0.265 e. The van der Waals surface area contributed by atoms with Crippen molar-refractivity contribution in [1.29, 1.82) is 0 Å². The van der Waals surface area contributed by atoms with Crippen molar-refractivity contribution in [3.05, 3.63) is 16.6 Å². The molecule has 1 saturated heterocycles. The molecule has 0 aliphatic carbocycles. The van der Waals surface area contributed by atoms with E-state index in [1.54, 1.807) is 5.51 Å². The van der Waals surface area contributed by atoms with Gasteiger partial charge in [-0.1, -0.05) is 0 Å². The number of hydrogen-bond acceptors (Lipinski definition) is 6. The Morgan fingerprint density at radius 2 is 2.09 bits per heavy atom. The summed E-state index contributed by atoms with van der Waals surface area (Å²) in [7, 11) is -1.93. The summed E-state index contributed by atoms with van der Waals surface area (Å²) in [5.74, 6) is -1.11.